The van der Waals surface area contributed by atoms with E-state index in [1.165, 1.54) is 33.8 Å². The summed E-state index contributed by atoms with van der Waals surface area (Å²) in [7, 11) is -3.55. The van der Waals surface area contributed by atoms with Crippen LogP contribution in [0.1, 0.15) is 37.0 Å². The van der Waals surface area contributed by atoms with Crippen molar-refractivity contribution in [2.45, 2.75) is 31.6 Å². The molecule has 2 heterocycles. The molecule has 0 saturated carbocycles. The molecule has 0 atom stereocenters. The number of halogens is 1. The van der Waals surface area contributed by atoms with Gasteiger partial charge in [0.05, 0.1) is 9.60 Å². The lowest BCUT2D eigenvalue weighted by Gasteiger charge is -2.25. The number of amides is 1. The van der Waals surface area contributed by atoms with Gasteiger partial charge in [0, 0.05) is 31.7 Å². The number of thiazole rings is 1. The zero-order valence-corrected chi connectivity index (χ0v) is 21.0. The van der Waals surface area contributed by atoms with Gasteiger partial charge in [-0.1, -0.05) is 31.3 Å². The Morgan fingerprint density at radius 3 is 2.35 bits per heavy atom. The van der Waals surface area contributed by atoms with Crippen LogP contribution in [0, 0.1) is 5.82 Å². The fraction of sp³-hybridized carbons (Fsp3) is 0.417. The Balaban J connectivity index is 1.63. The van der Waals surface area contributed by atoms with Crippen molar-refractivity contribution in [1.82, 2.24) is 14.2 Å². The molecule has 0 radical (unpaired) electrons. The number of carbonyl (C=O) groups is 1. The van der Waals surface area contributed by atoms with E-state index in [0.29, 0.717) is 41.6 Å². The summed E-state index contributed by atoms with van der Waals surface area (Å²) in [5, 5.41) is 0.422. The lowest BCUT2D eigenvalue weighted by atomic mass is 10.2. The van der Waals surface area contributed by atoms with Crippen LogP contribution in [0.25, 0.3) is 10.2 Å². The first-order valence-electron chi connectivity index (χ1n) is 11.5. The van der Waals surface area contributed by atoms with E-state index in [-0.39, 0.29) is 16.3 Å². The van der Waals surface area contributed by atoms with Crippen molar-refractivity contribution < 1.29 is 17.6 Å². The van der Waals surface area contributed by atoms with Gasteiger partial charge in [-0.15, -0.1) is 0 Å². The molecule has 0 unspecified atom stereocenters. The summed E-state index contributed by atoms with van der Waals surface area (Å²) in [6, 6.07) is 10.8. The minimum Gasteiger partial charge on any atom is -0.302 e. The number of carbonyl (C=O) groups excluding carboxylic acids is 1. The molecule has 34 heavy (non-hydrogen) atoms. The minimum absolute atomic E-state index is 0.183. The van der Waals surface area contributed by atoms with Gasteiger partial charge in [0.2, 0.25) is 10.0 Å². The van der Waals surface area contributed by atoms with Crippen molar-refractivity contribution in [2.75, 3.05) is 44.2 Å². The third-order valence-electron chi connectivity index (χ3n) is 6.17. The molecule has 3 aromatic rings. The van der Waals surface area contributed by atoms with Crippen LogP contribution in [0.4, 0.5) is 9.52 Å². The molecule has 0 N–H and O–H groups in total. The highest BCUT2D eigenvalue weighted by molar-refractivity contribution is 7.89. The highest BCUT2D eigenvalue weighted by Gasteiger charge is 2.28. The molecule has 0 aliphatic carbocycles. The Morgan fingerprint density at radius 2 is 1.74 bits per heavy atom. The summed E-state index contributed by atoms with van der Waals surface area (Å²) in [6.45, 7) is 7.87. The smallest absolute Gasteiger partial charge is 0.260 e. The van der Waals surface area contributed by atoms with Crippen molar-refractivity contribution in [3.05, 3.63) is 53.8 Å². The van der Waals surface area contributed by atoms with Gasteiger partial charge in [-0.3, -0.25) is 9.69 Å². The van der Waals surface area contributed by atoms with Crippen LogP contribution in [0.15, 0.2) is 47.4 Å². The first kappa shape index (κ1) is 24.7. The fourth-order valence-electron chi connectivity index (χ4n) is 4.09. The van der Waals surface area contributed by atoms with Crippen molar-refractivity contribution >= 4 is 42.6 Å². The monoisotopic (exact) mass is 504 g/mol. The Morgan fingerprint density at radius 1 is 1.06 bits per heavy atom. The van der Waals surface area contributed by atoms with Crippen molar-refractivity contribution in [2.24, 2.45) is 0 Å². The van der Waals surface area contributed by atoms with Gasteiger partial charge in [0.25, 0.3) is 5.91 Å². The van der Waals surface area contributed by atoms with Gasteiger partial charge in [-0.05, 0) is 62.3 Å². The number of sulfonamides is 1. The number of likely N-dealkylation sites (N-methyl/N-ethyl adjacent to an activating group) is 1. The van der Waals surface area contributed by atoms with E-state index in [9.17, 15) is 17.6 Å². The van der Waals surface area contributed by atoms with Crippen LogP contribution >= 0.6 is 11.3 Å². The van der Waals surface area contributed by atoms with Crippen LogP contribution < -0.4 is 4.90 Å². The third kappa shape index (κ3) is 5.00. The molecule has 1 amide bonds. The van der Waals surface area contributed by atoms with Crippen LogP contribution in [-0.2, 0) is 10.0 Å². The van der Waals surface area contributed by atoms with Crippen LogP contribution in [0.3, 0.4) is 0 Å². The number of fused-ring (bicyclic) bond motifs is 1. The molecule has 7 nitrogen and oxygen atoms in total. The molecule has 1 aliphatic heterocycles. The highest BCUT2D eigenvalue weighted by atomic mass is 32.2. The van der Waals surface area contributed by atoms with Crippen LogP contribution in [-0.4, -0.2) is 67.8 Å². The molecule has 1 saturated heterocycles. The Hall–Kier alpha value is -2.40. The second kappa shape index (κ2) is 10.5. The Kier molecular flexibility index (Phi) is 7.61. The average molecular weight is 505 g/mol. The van der Waals surface area contributed by atoms with Crippen LogP contribution in [0.2, 0.25) is 0 Å². The quantitative estimate of drug-likeness (QED) is 0.437. The third-order valence-corrected chi connectivity index (χ3v) is 9.13. The van der Waals surface area contributed by atoms with Gasteiger partial charge in [0.1, 0.15) is 11.3 Å². The van der Waals surface area contributed by atoms with Crippen molar-refractivity contribution in [1.29, 1.82) is 0 Å². The summed E-state index contributed by atoms with van der Waals surface area (Å²) in [5.41, 5.74) is 0.606. The number of nitrogens with zero attached hydrogens (tertiary/aromatic N) is 4. The van der Waals surface area contributed by atoms with Gasteiger partial charge >= 0.3 is 0 Å². The molecule has 0 spiro atoms. The summed E-state index contributed by atoms with van der Waals surface area (Å²) in [4.78, 5) is 21.9. The Bertz CT molecular complexity index is 1250. The molecule has 4 rings (SSSR count). The van der Waals surface area contributed by atoms with E-state index >= 15 is 0 Å². The summed E-state index contributed by atoms with van der Waals surface area (Å²) >= 11 is 1.27. The van der Waals surface area contributed by atoms with E-state index in [0.717, 1.165) is 25.9 Å². The minimum atomic E-state index is -3.55. The van der Waals surface area contributed by atoms with E-state index in [2.05, 4.69) is 23.7 Å². The lowest BCUT2D eigenvalue weighted by Crippen LogP contribution is -2.38. The normalized spacial score (nSPS) is 14.8. The molecule has 1 aromatic heterocycles. The largest absolute Gasteiger partial charge is 0.302 e. The predicted octanol–water partition coefficient (Wildman–Crippen LogP) is 4.21. The molecule has 1 aliphatic rings. The molecule has 0 bridgehead atoms. The summed E-state index contributed by atoms with van der Waals surface area (Å²) in [5.74, 6) is -0.718. The molecule has 2 aromatic carbocycles. The highest BCUT2D eigenvalue weighted by Crippen LogP contribution is 2.31. The van der Waals surface area contributed by atoms with E-state index < -0.39 is 15.8 Å². The molecule has 10 heteroatoms. The number of anilines is 1. The molecular formula is C24H29FN4O3S2. The van der Waals surface area contributed by atoms with E-state index in [1.54, 1.807) is 29.2 Å². The maximum Gasteiger partial charge on any atom is 0.260 e. The number of hydrogen-bond acceptors (Lipinski definition) is 6. The number of aromatic nitrogens is 1. The maximum absolute atomic E-state index is 14.3. The molecule has 1 fully saturated rings. The van der Waals surface area contributed by atoms with Crippen molar-refractivity contribution in [3.63, 3.8) is 0 Å². The van der Waals surface area contributed by atoms with Crippen LogP contribution in [0.5, 0.6) is 0 Å². The summed E-state index contributed by atoms with van der Waals surface area (Å²) in [6.07, 6.45) is 1.72. The van der Waals surface area contributed by atoms with E-state index in [1.807, 2.05) is 0 Å². The number of rotatable bonds is 9. The van der Waals surface area contributed by atoms with Gasteiger partial charge in [-0.25, -0.2) is 17.8 Å². The fourth-order valence-corrected chi connectivity index (χ4v) is 6.61. The first-order valence-corrected chi connectivity index (χ1v) is 13.8. The number of benzene rings is 2. The van der Waals surface area contributed by atoms with E-state index in [4.69, 9.17) is 0 Å². The first-order chi connectivity index (χ1) is 16.3. The average Bonchev–Trinajstić information content (AvgIpc) is 3.53. The maximum atomic E-state index is 14.3. The van der Waals surface area contributed by atoms with Crippen molar-refractivity contribution in [3.8, 4) is 0 Å². The lowest BCUT2D eigenvalue weighted by molar-refractivity contribution is 0.0983. The van der Waals surface area contributed by atoms with Gasteiger partial charge in [-0.2, -0.15) is 4.31 Å². The standard InChI is InChI=1S/C24H29FN4O3S2/c1-3-27(4-2)16-17-29(24-26-22-20(25)8-7-9-21(22)33-24)23(30)18-10-12-19(13-11-18)34(31,32)28-14-5-6-15-28/h7-13H,3-6,14-17H2,1-2H3. The second-order valence-corrected chi connectivity index (χ2v) is 11.1. The topological polar surface area (TPSA) is 73.8 Å². The van der Waals surface area contributed by atoms with Gasteiger partial charge < -0.3 is 4.90 Å². The zero-order chi connectivity index (χ0) is 24.3. The summed E-state index contributed by atoms with van der Waals surface area (Å²) < 4.78 is 42.1. The number of para-hydroxylation sites is 1. The molecular weight excluding hydrogens is 475 g/mol. The second-order valence-electron chi connectivity index (χ2n) is 8.20. The SMILES string of the molecule is CCN(CC)CCN(C(=O)c1ccc(S(=O)(=O)N2CCCC2)cc1)c1nc2c(F)cccc2s1. The predicted molar refractivity (Wildman–Crippen MR) is 133 cm³/mol. The van der Waals surface area contributed by atoms with Gasteiger partial charge in [0.15, 0.2) is 5.13 Å². The molecule has 182 valence electrons. The zero-order valence-electron chi connectivity index (χ0n) is 19.4. The Labute approximate surface area is 203 Å². The number of hydrogen-bond donors (Lipinski definition) is 0.